The summed E-state index contributed by atoms with van der Waals surface area (Å²) in [5.41, 5.74) is -4.47. The largest absolute Gasteiger partial charge is 0.417 e. The third-order valence-corrected chi connectivity index (χ3v) is 5.70. The van der Waals surface area contributed by atoms with Crippen molar-refractivity contribution in [2.24, 2.45) is 0 Å². The lowest BCUT2D eigenvalue weighted by molar-refractivity contribution is -0.140. The molecule has 0 saturated carbocycles. The zero-order valence-electron chi connectivity index (χ0n) is 19.6. The number of benzene rings is 2. The van der Waals surface area contributed by atoms with Crippen LogP contribution in [0.1, 0.15) is 38.5 Å². The van der Waals surface area contributed by atoms with E-state index in [9.17, 15) is 53.5 Å². The number of nitrogens with one attached hydrogen (secondary N) is 2. The van der Waals surface area contributed by atoms with Gasteiger partial charge >= 0.3 is 18.5 Å². The Bertz CT molecular complexity index is 1300. The maximum atomic E-state index is 15.0. The second-order valence-corrected chi connectivity index (χ2v) is 8.78. The van der Waals surface area contributed by atoms with Crippen LogP contribution in [0.15, 0.2) is 43.0 Å². The van der Waals surface area contributed by atoms with E-state index >= 15 is 0 Å². The van der Waals surface area contributed by atoms with E-state index in [0.29, 0.717) is 12.1 Å². The number of amides is 2. The van der Waals surface area contributed by atoms with Gasteiger partial charge in [0.05, 0.1) is 17.7 Å². The number of hydrogen-bond donors (Lipinski definition) is 2. The lowest BCUT2D eigenvalue weighted by atomic mass is 9.94. The molecule has 4 nitrogen and oxygen atoms in total. The lowest BCUT2D eigenvalue weighted by Crippen LogP contribution is -2.41. The average Bonchev–Trinajstić information content (AvgIpc) is 2.82. The smallest absolute Gasteiger partial charge is 0.345 e. The maximum Gasteiger partial charge on any atom is 0.417 e. The molecule has 1 unspecified atom stereocenters. The van der Waals surface area contributed by atoms with Crippen molar-refractivity contribution >= 4 is 46.9 Å². The molecule has 0 aliphatic rings. The summed E-state index contributed by atoms with van der Waals surface area (Å²) in [6.45, 7) is 0.512. The SMILES string of the molecule is C=Cc1c(Cl)cc(C(C=C(F)c2ccc(C(=O)NCC(=O)NCC(F)(F)F)c(C(F)(F)F)c2)C(F)(F)F)cc1Cl. The van der Waals surface area contributed by atoms with Crippen molar-refractivity contribution in [3.05, 3.63) is 80.8 Å². The molecule has 0 aromatic heterocycles. The zero-order chi connectivity index (χ0) is 30.6. The fraction of sp³-hybridized carbons (Fsp3) is 0.250. The zero-order valence-corrected chi connectivity index (χ0v) is 21.1. The highest BCUT2D eigenvalue weighted by Gasteiger charge is 2.41. The van der Waals surface area contributed by atoms with Crippen LogP contribution in [0.25, 0.3) is 11.9 Å². The topological polar surface area (TPSA) is 58.2 Å². The van der Waals surface area contributed by atoms with E-state index in [2.05, 4.69) is 6.58 Å². The number of halogens is 12. The molecule has 0 aliphatic carbocycles. The minimum atomic E-state index is -5.33. The second-order valence-electron chi connectivity index (χ2n) is 7.97. The Kier molecular flexibility index (Phi) is 10.3. The Morgan fingerprint density at radius 1 is 0.925 bits per heavy atom. The summed E-state index contributed by atoms with van der Waals surface area (Å²) in [6, 6.07) is 2.76. The summed E-state index contributed by atoms with van der Waals surface area (Å²) in [4.78, 5) is 23.6. The second kappa shape index (κ2) is 12.5. The van der Waals surface area contributed by atoms with Gasteiger partial charge in [-0.2, -0.15) is 39.5 Å². The number of carbonyl (C=O) groups is 2. The summed E-state index contributed by atoms with van der Waals surface area (Å²) >= 11 is 11.8. The molecule has 2 rings (SSSR count). The van der Waals surface area contributed by atoms with Gasteiger partial charge in [-0.05, 0) is 35.9 Å². The molecule has 0 fully saturated rings. The molecule has 16 heteroatoms. The van der Waals surface area contributed by atoms with Crippen molar-refractivity contribution in [1.82, 2.24) is 10.6 Å². The Morgan fingerprint density at radius 2 is 1.50 bits per heavy atom. The van der Waals surface area contributed by atoms with E-state index in [4.69, 9.17) is 23.2 Å². The molecule has 2 amide bonds. The van der Waals surface area contributed by atoms with Crippen molar-refractivity contribution in [3.8, 4) is 0 Å². The van der Waals surface area contributed by atoms with Gasteiger partial charge in [-0.1, -0.05) is 41.9 Å². The highest BCUT2D eigenvalue weighted by atomic mass is 35.5. The normalized spacial score (nSPS) is 13.6. The fourth-order valence-corrected chi connectivity index (χ4v) is 3.90. The monoisotopic (exact) mass is 624 g/mol. The first kappa shape index (κ1) is 32.9. The van der Waals surface area contributed by atoms with E-state index in [1.165, 1.54) is 11.4 Å². The fourth-order valence-electron chi connectivity index (χ4n) is 3.24. The predicted octanol–water partition coefficient (Wildman–Crippen LogP) is 7.72. The van der Waals surface area contributed by atoms with Gasteiger partial charge in [0.25, 0.3) is 5.91 Å². The Labute approximate surface area is 229 Å². The third kappa shape index (κ3) is 8.88. The van der Waals surface area contributed by atoms with Gasteiger partial charge in [0.1, 0.15) is 18.3 Å². The molecule has 40 heavy (non-hydrogen) atoms. The molecule has 0 heterocycles. The molecule has 218 valence electrons. The standard InChI is InChI=1S/C24H16Cl2F10N2O2/c1-2-13-17(25)6-12(7-18(13)26)15(23(31,32)33)8-19(27)11-3-4-14(16(5-11)24(34,35)36)21(40)37-9-20(39)38-10-22(28,29)30/h2-8,15H,1,9-10H2,(H,37,40)(H,38,39). The van der Waals surface area contributed by atoms with Gasteiger partial charge in [0.2, 0.25) is 5.91 Å². The number of carbonyl (C=O) groups excluding carboxylic acids is 2. The average molecular weight is 625 g/mol. The molecular weight excluding hydrogens is 609 g/mol. The summed E-state index contributed by atoms with van der Waals surface area (Å²) in [6.07, 6.45) is -14.1. The molecule has 0 radical (unpaired) electrons. The van der Waals surface area contributed by atoms with Crippen molar-refractivity contribution < 1.29 is 53.5 Å². The molecular formula is C24H16Cl2F10N2O2. The van der Waals surface area contributed by atoms with Gasteiger partial charge in [-0.15, -0.1) is 0 Å². The van der Waals surface area contributed by atoms with Gasteiger partial charge in [-0.3, -0.25) is 9.59 Å². The van der Waals surface area contributed by atoms with Crippen LogP contribution in [0.3, 0.4) is 0 Å². The lowest BCUT2D eigenvalue weighted by Gasteiger charge is -2.19. The predicted molar refractivity (Wildman–Crippen MR) is 127 cm³/mol. The van der Waals surface area contributed by atoms with Crippen LogP contribution in [0.2, 0.25) is 10.0 Å². The van der Waals surface area contributed by atoms with Crippen molar-refractivity contribution in [3.63, 3.8) is 0 Å². The third-order valence-electron chi connectivity index (χ3n) is 5.07. The van der Waals surface area contributed by atoms with Gasteiger partial charge in [0.15, 0.2) is 0 Å². The summed E-state index contributed by atoms with van der Waals surface area (Å²) in [7, 11) is 0. The van der Waals surface area contributed by atoms with Crippen molar-refractivity contribution in [1.29, 1.82) is 0 Å². The summed E-state index contributed by atoms with van der Waals surface area (Å²) in [5, 5.41) is 2.57. The summed E-state index contributed by atoms with van der Waals surface area (Å²) < 4.78 is 134. The van der Waals surface area contributed by atoms with E-state index in [1.54, 1.807) is 5.32 Å². The Morgan fingerprint density at radius 3 is 1.98 bits per heavy atom. The molecule has 0 saturated heterocycles. The van der Waals surface area contributed by atoms with E-state index in [-0.39, 0.29) is 27.8 Å². The van der Waals surface area contributed by atoms with Crippen LogP contribution in [-0.2, 0) is 11.0 Å². The molecule has 0 aliphatic heterocycles. The minimum absolute atomic E-state index is 0.00417. The van der Waals surface area contributed by atoms with Gasteiger partial charge < -0.3 is 10.6 Å². The quantitative estimate of drug-likeness (QED) is 0.296. The highest BCUT2D eigenvalue weighted by molar-refractivity contribution is 6.37. The molecule has 0 spiro atoms. The van der Waals surface area contributed by atoms with Gasteiger partial charge in [-0.25, -0.2) is 4.39 Å². The van der Waals surface area contributed by atoms with Crippen LogP contribution >= 0.6 is 23.2 Å². The van der Waals surface area contributed by atoms with Crippen LogP contribution in [0.4, 0.5) is 43.9 Å². The Balaban J connectivity index is 2.43. The first-order valence-electron chi connectivity index (χ1n) is 10.6. The number of alkyl halides is 9. The van der Waals surface area contributed by atoms with Crippen LogP contribution < -0.4 is 10.6 Å². The van der Waals surface area contributed by atoms with Crippen LogP contribution in [0.5, 0.6) is 0 Å². The number of hydrogen-bond acceptors (Lipinski definition) is 2. The van der Waals surface area contributed by atoms with Crippen molar-refractivity contribution in [2.75, 3.05) is 13.1 Å². The van der Waals surface area contributed by atoms with Crippen molar-refractivity contribution in [2.45, 2.75) is 24.4 Å². The molecule has 2 aromatic carbocycles. The van der Waals surface area contributed by atoms with E-state index in [0.717, 1.165) is 12.1 Å². The van der Waals surface area contributed by atoms with Crippen LogP contribution in [0, 0.1) is 0 Å². The maximum absolute atomic E-state index is 15.0. The molecule has 1 atom stereocenters. The van der Waals surface area contributed by atoms with Gasteiger partial charge in [0, 0.05) is 21.2 Å². The minimum Gasteiger partial charge on any atom is -0.345 e. The van der Waals surface area contributed by atoms with E-state index < -0.39 is 77.4 Å². The first-order chi connectivity index (χ1) is 18.2. The van der Waals surface area contributed by atoms with Crippen LogP contribution in [-0.4, -0.2) is 37.3 Å². The Hall–Kier alpha value is -3.26. The molecule has 2 N–H and O–H groups in total. The summed E-state index contributed by atoms with van der Waals surface area (Å²) in [5.74, 6) is -7.38. The first-order valence-corrected chi connectivity index (χ1v) is 11.4. The number of allylic oxidation sites excluding steroid dienone is 1. The molecule has 2 aromatic rings. The van der Waals surface area contributed by atoms with E-state index in [1.807, 2.05) is 0 Å². The number of rotatable bonds is 8. The molecule has 0 bridgehead atoms. The highest BCUT2D eigenvalue weighted by Crippen LogP contribution is 2.42.